The van der Waals surface area contributed by atoms with Crippen LogP contribution < -0.4 is 5.73 Å². The standard InChI is InChI=1S/C20H21N.C2H2O4/c21-20(18-9-2-1-3-10-18)15-7-13-17-12-6-11-16-8-4-5-14-19(16)17;3-1(4)2(5)6/h1-6,8-12,14,20H,7,13,15,21H2;(H,3,4)(H,5,6). The molecule has 0 fully saturated rings. The predicted octanol–water partition coefficient (Wildman–Crippen LogP) is 4.02. The van der Waals surface area contributed by atoms with Crippen LogP contribution in [0.1, 0.15) is 30.0 Å². The van der Waals surface area contributed by atoms with Gasteiger partial charge in [-0.1, -0.05) is 72.8 Å². The summed E-state index contributed by atoms with van der Waals surface area (Å²) in [5, 5.41) is 17.5. The Hall–Kier alpha value is -3.18. The van der Waals surface area contributed by atoms with Crippen LogP contribution in [-0.4, -0.2) is 22.2 Å². The lowest BCUT2D eigenvalue weighted by Gasteiger charge is -2.12. The molecular weight excluding hydrogens is 342 g/mol. The van der Waals surface area contributed by atoms with Crippen molar-refractivity contribution in [1.29, 1.82) is 0 Å². The van der Waals surface area contributed by atoms with Crippen LogP contribution in [0.3, 0.4) is 0 Å². The average Bonchev–Trinajstić information content (AvgIpc) is 2.69. The van der Waals surface area contributed by atoms with Crippen molar-refractivity contribution in [2.24, 2.45) is 5.73 Å². The molecule has 3 rings (SSSR count). The Kier molecular flexibility index (Phi) is 7.52. The van der Waals surface area contributed by atoms with Crippen molar-refractivity contribution in [2.45, 2.75) is 25.3 Å². The monoisotopic (exact) mass is 365 g/mol. The van der Waals surface area contributed by atoms with Gasteiger partial charge in [-0.2, -0.15) is 0 Å². The number of fused-ring (bicyclic) bond motifs is 1. The summed E-state index contributed by atoms with van der Waals surface area (Å²) in [5.74, 6) is -3.65. The van der Waals surface area contributed by atoms with Crippen LogP contribution in [0.4, 0.5) is 0 Å². The third kappa shape index (κ3) is 6.24. The number of benzene rings is 3. The van der Waals surface area contributed by atoms with Gasteiger partial charge in [-0.25, -0.2) is 9.59 Å². The zero-order valence-corrected chi connectivity index (χ0v) is 14.9. The largest absolute Gasteiger partial charge is 0.473 e. The summed E-state index contributed by atoms with van der Waals surface area (Å²) in [6.45, 7) is 0. The SMILES string of the molecule is NC(CCCc1cccc2ccccc12)c1ccccc1.O=C(O)C(=O)O. The van der Waals surface area contributed by atoms with Gasteiger partial charge < -0.3 is 15.9 Å². The van der Waals surface area contributed by atoms with Crippen LogP contribution in [0.15, 0.2) is 72.8 Å². The Morgan fingerprint density at radius 3 is 2.07 bits per heavy atom. The molecule has 0 radical (unpaired) electrons. The summed E-state index contributed by atoms with van der Waals surface area (Å²) in [4.78, 5) is 18.2. The first-order valence-corrected chi connectivity index (χ1v) is 8.72. The van der Waals surface area contributed by atoms with Crippen LogP contribution in [0.2, 0.25) is 0 Å². The molecule has 0 saturated carbocycles. The summed E-state index contributed by atoms with van der Waals surface area (Å²) >= 11 is 0. The van der Waals surface area contributed by atoms with Crippen LogP contribution in [0, 0.1) is 0 Å². The van der Waals surface area contributed by atoms with Gasteiger partial charge in [0.25, 0.3) is 0 Å². The highest BCUT2D eigenvalue weighted by Gasteiger charge is 2.06. The number of hydrogen-bond donors (Lipinski definition) is 3. The van der Waals surface area contributed by atoms with E-state index >= 15 is 0 Å². The Bertz CT molecular complexity index is 876. The average molecular weight is 365 g/mol. The molecule has 3 aromatic rings. The van der Waals surface area contributed by atoms with Crippen LogP contribution in [0.5, 0.6) is 0 Å². The number of carbonyl (C=O) groups is 2. The van der Waals surface area contributed by atoms with E-state index in [2.05, 4.69) is 66.7 Å². The Morgan fingerprint density at radius 2 is 1.41 bits per heavy atom. The molecule has 0 heterocycles. The van der Waals surface area contributed by atoms with Crippen molar-refractivity contribution in [3.05, 3.63) is 83.9 Å². The van der Waals surface area contributed by atoms with Gasteiger partial charge in [0.15, 0.2) is 0 Å². The lowest BCUT2D eigenvalue weighted by Crippen LogP contribution is -2.10. The van der Waals surface area contributed by atoms with Crippen molar-refractivity contribution in [2.75, 3.05) is 0 Å². The highest BCUT2D eigenvalue weighted by atomic mass is 16.4. The number of nitrogens with two attached hydrogens (primary N) is 1. The number of aryl methyl sites for hydroxylation is 1. The first-order valence-electron chi connectivity index (χ1n) is 8.72. The van der Waals surface area contributed by atoms with Crippen molar-refractivity contribution < 1.29 is 19.8 Å². The molecule has 0 aliphatic rings. The topological polar surface area (TPSA) is 101 Å². The van der Waals surface area contributed by atoms with Gasteiger partial charge in [-0.05, 0) is 41.2 Å². The van der Waals surface area contributed by atoms with E-state index in [1.165, 1.54) is 21.9 Å². The summed E-state index contributed by atoms with van der Waals surface area (Å²) in [6, 6.07) is 25.7. The third-order valence-electron chi connectivity index (χ3n) is 4.25. The van der Waals surface area contributed by atoms with Crippen molar-refractivity contribution in [3.63, 3.8) is 0 Å². The van der Waals surface area contributed by atoms with Crippen molar-refractivity contribution >= 4 is 22.7 Å². The van der Waals surface area contributed by atoms with Crippen molar-refractivity contribution in [3.8, 4) is 0 Å². The zero-order chi connectivity index (χ0) is 19.6. The second-order valence-electron chi connectivity index (χ2n) is 6.16. The molecule has 0 amide bonds. The molecule has 1 atom stereocenters. The maximum atomic E-state index is 9.10. The van der Waals surface area contributed by atoms with E-state index in [0.717, 1.165) is 19.3 Å². The fourth-order valence-electron chi connectivity index (χ4n) is 2.89. The summed E-state index contributed by atoms with van der Waals surface area (Å²) < 4.78 is 0. The van der Waals surface area contributed by atoms with Crippen molar-refractivity contribution in [1.82, 2.24) is 0 Å². The molecule has 0 aromatic heterocycles. The van der Waals surface area contributed by atoms with E-state index in [1.54, 1.807) is 0 Å². The lowest BCUT2D eigenvalue weighted by atomic mass is 9.97. The number of carboxylic acids is 2. The first kappa shape index (κ1) is 20.1. The maximum absolute atomic E-state index is 9.10. The minimum atomic E-state index is -1.82. The summed E-state index contributed by atoms with van der Waals surface area (Å²) in [7, 11) is 0. The molecule has 5 heteroatoms. The van der Waals surface area contributed by atoms with E-state index in [9.17, 15) is 0 Å². The zero-order valence-electron chi connectivity index (χ0n) is 14.9. The number of aliphatic carboxylic acids is 2. The molecule has 27 heavy (non-hydrogen) atoms. The molecule has 0 aliphatic heterocycles. The maximum Gasteiger partial charge on any atom is 0.414 e. The van der Waals surface area contributed by atoms with E-state index in [-0.39, 0.29) is 6.04 Å². The molecular formula is C22H23NO4. The van der Waals surface area contributed by atoms with Crippen LogP contribution in [0.25, 0.3) is 10.8 Å². The first-order chi connectivity index (χ1) is 13.0. The normalized spacial score (nSPS) is 11.3. The van der Waals surface area contributed by atoms with Gasteiger partial charge in [0.2, 0.25) is 0 Å². The summed E-state index contributed by atoms with van der Waals surface area (Å²) in [5.41, 5.74) is 8.93. The highest BCUT2D eigenvalue weighted by molar-refractivity contribution is 6.27. The molecule has 5 nitrogen and oxygen atoms in total. The molecule has 0 saturated heterocycles. The van der Waals surface area contributed by atoms with E-state index < -0.39 is 11.9 Å². The second kappa shape index (κ2) is 10.1. The minimum Gasteiger partial charge on any atom is -0.473 e. The molecule has 140 valence electrons. The van der Waals surface area contributed by atoms with Gasteiger partial charge >= 0.3 is 11.9 Å². The Balaban J connectivity index is 0.000000380. The summed E-state index contributed by atoms with van der Waals surface area (Å²) in [6.07, 6.45) is 3.22. The third-order valence-corrected chi connectivity index (χ3v) is 4.25. The quantitative estimate of drug-likeness (QED) is 0.593. The molecule has 0 bridgehead atoms. The van der Waals surface area contributed by atoms with Crippen LogP contribution >= 0.6 is 0 Å². The smallest absolute Gasteiger partial charge is 0.414 e. The highest BCUT2D eigenvalue weighted by Crippen LogP contribution is 2.22. The molecule has 0 aliphatic carbocycles. The van der Waals surface area contributed by atoms with Crippen LogP contribution in [-0.2, 0) is 16.0 Å². The Labute approximate surface area is 158 Å². The molecule has 3 aromatic carbocycles. The predicted molar refractivity (Wildman–Crippen MR) is 106 cm³/mol. The molecule has 4 N–H and O–H groups in total. The van der Waals surface area contributed by atoms with Gasteiger partial charge in [0, 0.05) is 6.04 Å². The minimum absolute atomic E-state index is 0.140. The number of rotatable bonds is 5. The van der Waals surface area contributed by atoms with Gasteiger partial charge in [0.05, 0.1) is 0 Å². The van der Waals surface area contributed by atoms with Gasteiger partial charge in [-0.15, -0.1) is 0 Å². The van der Waals surface area contributed by atoms with E-state index in [4.69, 9.17) is 25.5 Å². The van der Waals surface area contributed by atoms with E-state index in [1.807, 2.05) is 6.07 Å². The fraction of sp³-hybridized carbons (Fsp3) is 0.182. The number of carboxylic acid groups (broad SMARTS) is 2. The van der Waals surface area contributed by atoms with Gasteiger partial charge in [-0.3, -0.25) is 0 Å². The Morgan fingerprint density at radius 1 is 0.815 bits per heavy atom. The molecule has 0 spiro atoms. The van der Waals surface area contributed by atoms with E-state index in [0.29, 0.717) is 0 Å². The van der Waals surface area contributed by atoms with Gasteiger partial charge in [0.1, 0.15) is 0 Å². The number of hydrogen-bond acceptors (Lipinski definition) is 3. The fourth-order valence-corrected chi connectivity index (χ4v) is 2.89. The lowest BCUT2D eigenvalue weighted by molar-refractivity contribution is -0.159. The molecule has 1 unspecified atom stereocenters. The second-order valence-corrected chi connectivity index (χ2v) is 6.16.